The Morgan fingerprint density at radius 3 is 2.50 bits per heavy atom. The Balaban J connectivity index is 1.20. The van der Waals surface area contributed by atoms with Crippen LogP contribution in [-0.4, -0.2) is 55.8 Å². The Hall–Kier alpha value is -5.17. The second-order valence-corrected chi connectivity index (χ2v) is 10.0. The molecule has 230 valence electrons. The van der Waals surface area contributed by atoms with Gasteiger partial charge < -0.3 is 25.7 Å². The van der Waals surface area contributed by atoms with E-state index < -0.39 is 23.6 Å². The van der Waals surface area contributed by atoms with E-state index in [9.17, 15) is 22.0 Å². The molecule has 1 saturated heterocycles. The zero-order chi connectivity index (χ0) is 31.6. The van der Waals surface area contributed by atoms with Crippen molar-refractivity contribution < 1.29 is 26.7 Å². The zero-order valence-corrected chi connectivity index (χ0v) is 23.4. The number of rotatable bonds is 8. The first kappa shape index (κ1) is 30.3. The molecule has 0 bridgehead atoms. The summed E-state index contributed by atoms with van der Waals surface area (Å²) in [4.78, 5) is 12.1. The standard InChI is InChI=1S/C28H27F5N10O/c1-41-24(37-22(25(41)36)12-21(35)26-38-27(40-39-26)28(31,32)33)14-42-6-8-43(9-7-42)18-4-5-19(29)23(11-18)44-15-17-3-2-16(13-34)10-20(17)30/h2-5,10-12H,6-9,14-15,35-36H2,1H3,(H,38,39,40)/b21-12-. The number of hydrogen-bond donors (Lipinski definition) is 3. The first-order valence-electron chi connectivity index (χ1n) is 13.3. The lowest BCUT2D eigenvalue weighted by Gasteiger charge is -2.36. The molecule has 3 heterocycles. The first-order valence-corrected chi connectivity index (χ1v) is 13.3. The van der Waals surface area contributed by atoms with Crippen LogP contribution in [-0.2, 0) is 26.4 Å². The van der Waals surface area contributed by atoms with Gasteiger partial charge >= 0.3 is 6.18 Å². The molecule has 2 aromatic carbocycles. The van der Waals surface area contributed by atoms with Gasteiger partial charge in [-0.1, -0.05) is 6.07 Å². The lowest BCUT2D eigenvalue weighted by Crippen LogP contribution is -2.46. The molecule has 5 rings (SSSR count). The number of ether oxygens (including phenoxy) is 1. The maximum absolute atomic E-state index is 14.5. The lowest BCUT2D eigenvalue weighted by atomic mass is 10.1. The maximum Gasteiger partial charge on any atom is 0.451 e. The summed E-state index contributed by atoms with van der Waals surface area (Å²) in [5, 5.41) is 14.2. The third-order valence-corrected chi connectivity index (χ3v) is 7.15. The molecule has 0 saturated carbocycles. The van der Waals surface area contributed by atoms with Gasteiger partial charge in [-0.3, -0.25) is 10.00 Å². The van der Waals surface area contributed by atoms with Crippen LogP contribution in [0.25, 0.3) is 11.8 Å². The summed E-state index contributed by atoms with van der Waals surface area (Å²) in [6.07, 6.45) is -3.36. The van der Waals surface area contributed by atoms with E-state index in [4.69, 9.17) is 21.5 Å². The number of benzene rings is 2. The molecule has 44 heavy (non-hydrogen) atoms. The van der Waals surface area contributed by atoms with Gasteiger partial charge in [0.2, 0.25) is 5.82 Å². The van der Waals surface area contributed by atoms with Crippen molar-refractivity contribution in [3.8, 4) is 11.8 Å². The molecule has 1 aliphatic rings. The summed E-state index contributed by atoms with van der Waals surface area (Å²) in [7, 11) is 1.72. The molecule has 0 unspecified atom stereocenters. The average molecular weight is 615 g/mol. The normalized spacial score (nSPS) is 14.6. The van der Waals surface area contributed by atoms with Crippen LogP contribution >= 0.6 is 0 Å². The second kappa shape index (κ2) is 12.2. The molecule has 0 radical (unpaired) electrons. The fourth-order valence-corrected chi connectivity index (χ4v) is 4.61. The highest BCUT2D eigenvalue weighted by atomic mass is 19.4. The molecule has 4 aromatic rings. The van der Waals surface area contributed by atoms with E-state index in [-0.39, 0.29) is 46.5 Å². The van der Waals surface area contributed by atoms with Crippen molar-refractivity contribution in [1.82, 2.24) is 29.6 Å². The van der Waals surface area contributed by atoms with Gasteiger partial charge in [-0.15, -0.1) is 0 Å². The topological polar surface area (TPSA) is 151 Å². The fourth-order valence-electron chi connectivity index (χ4n) is 4.61. The summed E-state index contributed by atoms with van der Waals surface area (Å²) in [5.41, 5.74) is 13.4. The van der Waals surface area contributed by atoms with E-state index in [1.807, 2.05) is 11.2 Å². The van der Waals surface area contributed by atoms with Crippen LogP contribution in [0.3, 0.4) is 0 Å². The Morgan fingerprint density at radius 1 is 1.09 bits per heavy atom. The highest BCUT2D eigenvalue weighted by Gasteiger charge is 2.35. The summed E-state index contributed by atoms with van der Waals surface area (Å²) < 4.78 is 74.4. The van der Waals surface area contributed by atoms with Crippen LogP contribution in [0.2, 0.25) is 0 Å². The van der Waals surface area contributed by atoms with Crippen LogP contribution in [0.5, 0.6) is 5.75 Å². The lowest BCUT2D eigenvalue weighted by molar-refractivity contribution is -0.144. The Kier molecular flexibility index (Phi) is 8.41. The smallest absolute Gasteiger partial charge is 0.451 e. The quantitative estimate of drug-likeness (QED) is 0.253. The number of anilines is 2. The van der Waals surface area contributed by atoms with Crippen molar-refractivity contribution in [3.63, 3.8) is 0 Å². The number of piperazine rings is 1. The minimum absolute atomic E-state index is 0.0169. The van der Waals surface area contributed by atoms with Crippen LogP contribution in [0.15, 0.2) is 36.4 Å². The molecule has 1 aliphatic heterocycles. The van der Waals surface area contributed by atoms with E-state index in [1.54, 1.807) is 23.7 Å². The molecule has 1 fully saturated rings. The van der Waals surface area contributed by atoms with E-state index in [0.717, 1.165) is 11.8 Å². The number of alkyl halides is 3. The van der Waals surface area contributed by atoms with E-state index in [2.05, 4.69) is 24.9 Å². The van der Waals surface area contributed by atoms with Crippen molar-refractivity contribution in [2.75, 3.05) is 36.8 Å². The highest BCUT2D eigenvalue weighted by Crippen LogP contribution is 2.28. The van der Waals surface area contributed by atoms with Crippen LogP contribution in [0, 0.1) is 23.0 Å². The molecule has 0 aliphatic carbocycles. The predicted octanol–water partition coefficient (Wildman–Crippen LogP) is 3.65. The fraction of sp³-hybridized carbons (Fsp3) is 0.286. The molecule has 0 amide bonds. The van der Waals surface area contributed by atoms with Crippen molar-refractivity contribution in [2.24, 2.45) is 12.8 Å². The zero-order valence-electron chi connectivity index (χ0n) is 23.4. The third kappa shape index (κ3) is 6.57. The number of imidazole rings is 1. The van der Waals surface area contributed by atoms with Gasteiger partial charge in [-0.25, -0.2) is 18.7 Å². The molecular formula is C28H27F5N10O. The minimum Gasteiger partial charge on any atom is -0.486 e. The highest BCUT2D eigenvalue weighted by molar-refractivity contribution is 5.78. The van der Waals surface area contributed by atoms with Crippen LogP contribution in [0.4, 0.5) is 33.5 Å². The molecule has 0 spiro atoms. The Labute approximate surface area is 248 Å². The van der Waals surface area contributed by atoms with E-state index in [0.29, 0.717) is 38.5 Å². The average Bonchev–Trinajstić information content (AvgIpc) is 3.60. The monoisotopic (exact) mass is 614 g/mol. The maximum atomic E-state index is 14.5. The largest absolute Gasteiger partial charge is 0.486 e. The number of hydrogen-bond acceptors (Lipinski definition) is 9. The Morgan fingerprint density at radius 2 is 1.84 bits per heavy atom. The molecule has 16 heteroatoms. The van der Waals surface area contributed by atoms with Gasteiger partial charge in [0.05, 0.1) is 23.9 Å². The number of nitrogens with zero attached hydrogens (tertiary/aromatic N) is 7. The van der Waals surface area contributed by atoms with Crippen molar-refractivity contribution in [3.05, 3.63) is 82.3 Å². The summed E-state index contributed by atoms with van der Waals surface area (Å²) in [5.74, 6) is -1.90. The third-order valence-electron chi connectivity index (χ3n) is 7.15. The number of H-pyrrole nitrogens is 1. The van der Waals surface area contributed by atoms with Gasteiger partial charge in [0, 0.05) is 50.5 Å². The van der Waals surface area contributed by atoms with Crippen molar-refractivity contribution in [2.45, 2.75) is 19.3 Å². The van der Waals surface area contributed by atoms with Gasteiger partial charge in [0.1, 0.15) is 29.8 Å². The minimum atomic E-state index is -4.69. The van der Waals surface area contributed by atoms with Crippen LogP contribution < -0.4 is 21.1 Å². The number of nitriles is 1. The van der Waals surface area contributed by atoms with Crippen LogP contribution in [0.1, 0.15) is 34.3 Å². The van der Waals surface area contributed by atoms with Gasteiger partial charge in [-0.2, -0.15) is 23.5 Å². The number of nitrogens with one attached hydrogen (secondary N) is 1. The number of nitrogens with two attached hydrogens (primary N) is 2. The summed E-state index contributed by atoms with van der Waals surface area (Å²) in [6, 6.07) is 10.4. The van der Waals surface area contributed by atoms with Crippen molar-refractivity contribution in [1.29, 1.82) is 5.26 Å². The SMILES string of the molecule is Cn1c(CN2CCN(c3ccc(F)c(OCc4ccc(C#N)cc4F)c3)CC2)nc(/C=C(\N)c2n[nH]c(C(F)(F)F)n2)c1N. The number of aromatic amines is 1. The predicted molar refractivity (Wildman–Crippen MR) is 150 cm³/mol. The number of aromatic nitrogens is 5. The summed E-state index contributed by atoms with van der Waals surface area (Å²) >= 11 is 0. The Bertz CT molecular complexity index is 1730. The number of halogens is 5. The molecule has 2 aromatic heterocycles. The van der Waals surface area contributed by atoms with E-state index >= 15 is 0 Å². The first-order chi connectivity index (χ1) is 20.9. The summed E-state index contributed by atoms with van der Waals surface area (Å²) in [6.45, 7) is 2.74. The van der Waals surface area contributed by atoms with Gasteiger partial charge in [0.25, 0.3) is 0 Å². The van der Waals surface area contributed by atoms with Gasteiger partial charge in [-0.05, 0) is 30.3 Å². The molecule has 11 nitrogen and oxygen atoms in total. The van der Waals surface area contributed by atoms with E-state index in [1.165, 1.54) is 24.3 Å². The molecule has 5 N–H and O–H groups in total. The number of nitrogen functional groups attached to an aromatic ring is 1. The second-order valence-electron chi connectivity index (χ2n) is 10.0. The molecular weight excluding hydrogens is 587 g/mol. The van der Waals surface area contributed by atoms with Crippen molar-refractivity contribution >= 4 is 23.3 Å². The van der Waals surface area contributed by atoms with Gasteiger partial charge in [0.15, 0.2) is 17.4 Å². The molecule has 0 atom stereocenters.